The molecular weight excluding hydrogens is 375 g/mol. The van der Waals surface area contributed by atoms with Crippen LogP contribution in [0.4, 0.5) is 10.1 Å². The number of hydrogen-bond acceptors (Lipinski definition) is 3. The Morgan fingerprint density at radius 2 is 1.64 bits per heavy atom. The van der Waals surface area contributed by atoms with Crippen LogP contribution in [0.2, 0.25) is 0 Å². The number of likely N-dealkylation sites (tertiary alicyclic amines) is 1. The molecule has 0 spiro atoms. The second-order valence-electron chi connectivity index (χ2n) is 6.88. The normalized spacial score (nSPS) is 14.4. The highest BCUT2D eigenvalue weighted by Crippen LogP contribution is 2.21. The number of thioether (sulfide) groups is 1. The number of para-hydroxylation sites is 1. The van der Waals surface area contributed by atoms with Crippen LogP contribution in [0, 0.1) is 5.82 Å². The van der Waals surface area contributed by atoms with Crippen LogP contribution in [0.15, 0.2) is 48.5 Å². The van der Waals surface area contributed by atoms with E-state index in [9.17, 15) is 14.0 Å². The van der Waals surface area contributed by atoms with Crippen molar-refractivity contribution in [1.29, 1.82) is 0 Å². The summed E-state index contributed by atoms with van der Waals surface area (Å²) in [4.78, 5) is 27.1. The van der Waals surface area contributed by atoms with Crippen molar-refractivity contribution in [3.63, 3.8) is 0 Å². The highest BCUT2D eigenvalue weighted by atomic mass is 32.2. The molecule has 0 aromatic heterocycles. The van der Waals surface area contributed by atoms with Crippen LogP contribution in [0.3, 0.4) is 0 Å². The fourth-order valence-electron chi connectivity index (χ4n) is 3.28. The van der Waals surface area contributed by atoms with Crippen LogP contribution < -0.4 is 5.32 Å². The summed E-state index contributed by atoms with van der Waals surface area (Å²) in [5.41, 5.74) is 1.64. The average Bonchev–Trinajstić information content (AvgIpc) is 2.99. The van der Waals surface area contributed by atoms with Crippen molar-refractivity contribution < 1.29 is 14.0 Å². The van der Waals surface area contributed by atoms with Crippen LogP contribution in [-0.4, -0.2) is 35.6 Å². The van der Waals surface area contributed by atoms with E-state index in [2.05, 4.69) is 5.32 Å². The first kappa shape index (κ1) is 20.4. The Morgan fingerprint density at radius 1 is 0.964 bits per heavy atom. The molecule has 1 aliphatic rings. The van der Waals surface area contributed by atoms with Gasteiger partial charge in [0.05, 0.1) is 17.0 Å². The lowest BCUT2D eigenvalue weighted by molar-refractivity contribution is -0.113. The highest BCUT2D eigenvalue weighted by molar-refractivity contribution is 7.99. The van der Waals surface area contributed by atoms with E-state index >= 15 is 0 Å². The molecule has 0 bridgehead atoms. The van der Waals surface area contributed by atoms with E-state index < -0.39 is 0 Å². The van der Waals surface area contributed by atoms with Crippen molar-refractivity contribution in [2.24, 2.45) is 0 Å². The SMILES string of the molecule is O=C(CSCc1ccccc1F)Nc1ccccc1C(=O)N1CCCCCC1. The van der Waals surface area contributed by atoms with Crippen molar-refractivity contribution in [3.8, 4) is 0 Å². The molecule has 2 aromatic rings. The van der Waals surface area contributed by atoms with E-state index in [1.807, 2.05) is 11.0 Å². The maximum Gasteiger partial charge on any atom is 0.255 e. The first-order valence-corrected chi connectivity index (χ1v) is 10.8. The summed E-state index contributed by atoms with van der Waals surface area (Å²) in [5, 5.41) is 2.85. The van der Waals surface area contributed by atoms with Crippen molar-refractivity contribution in [3.05, 3.63) is 65.5 Å². The summed E-state index contributed by atoms with van der Waals surface area (Å²) in [7, 11) is 0. The maximum absolute atomic E-state index is 13.7. The van der Waals surface area contributed by atoms with Crippen molar-refractivity contribution in [2.45, 2.75) is 31.4 Å². The molecule has 1 heterocycles. The van der Waals surface area contributed by atoms with Gasteiger partial charge in [-0.3, -0.25) is 9.59 Å². The van der Waals surface area contributed by atoms with Gasteiger partial charge >= 0.3 is 0 Å². The average molecular weight is 401 g/mol. The Hall–Kier alpha value is -2.34. The van der Waals surface area contributed by atoms with Crippen molar-refractivity contribution in [2.75, 3.05) is 24.2 Å². The van der Waals surface area contributed by atoms with E-state index in [4.69, 9.17) is 0 Å². The Bertz CT molecular complexity index is 820. The van der Waals surface area contributed by atoms with E-state index in [1.54, 1.807) is 36.4 Å². The van der Waals surface area contributed by atoms with E-state index in [0.29, 0.717) is 22.6 Å². The topological polar surface area (TPSA) is 49.4 Å². The first-order valence-electron chi connectivity index (χ1n) is 9.64. The van der Waals surface area contributed by atoms with Crippen LogP contribution >= 0.6 is 11.8 Å². The predicted octanol–water partition coefficient (Wildman–Crippen LogP) is 4.71. The van der Waals surface area contributed by atoms with Crippen LogP contribution in [-0.2, 0) is 10.5 Å². The van der Waals surface area contributed by atoms with Gasteiger partial charge in [-0.1, -0.05) is 43.2 Å². The molecule has 2 aromatic carbocycles. The smallest absolute Gasteiger partial charge is 0.255 e. The molecular formula is C22H25FN2O2S. The second kappa shape index (κ2) is 10.3. The molecule has 0 unspecified atom stereocenters. The van der Waals surface area contributed by atoms with Gasteiger partial charge in [-0.25, -0.2) is 4.39 Å². The Kier molecular flexibility index (Phi) is 7.48. The number of hydrogen-bond donors (Lipinski definition) is 1. The number of amides is 2. The minimum absolute atomic E-state index is 0.0307. The number of carbonyl (C=O) groups excluding carboxylic acids is 2. The molecule has 1 N–H and O–H groups in total. The molecule has 1 fully saturated rings. The molecule has 0 radical (unpaired) electrons. The molecule has 0 aliphatic carbocycles. The number of halogens is 1. The van der Waals surface area contributed by atoms with Gasteiger partial charge in [-0.2, -0.15) is 0 Å². The number of benzene rings is 2. The van der Waals surface area contributed by atoms with Crippen LogP contribution in [0.1, 0.15) is 41.6 Å². The summed E-state index contributed by atoms with van der Waals surface area (Å²) < 4.78 is 13.7. The fraction of sp³-hybridized carbons (Fsp3) is 0.364. The van der Waals surface area contributed by atoms with Gasteiger partial charge in [-0.05, 0) is 36.6 Å². The van der Waals surface area contributed by atoms with E-state index in [1.165, 1.54) is 17.8 Å². The Balaban J connectivity index is 1.58. The summed E-state index contributed by atoms with van der Waals surface area (Å²) in [6.07, 6.45) is 4.35. The minimum atomic E-state index is -0.260. The van der Waals surface area contributed by atoms with E-state index in [-0.39, 0.29) is 23.4 Å². The largest absolute Gasteiger partial charge is 0.339 e. The number of rotatable bonds is 6. The Morgan fingerprint density at radius 3 is 2.39 bits per heavy atom. The minimum Gasteiger partial charge on any atom is -0.339 e. The van der Waals surface area contributed by atoms with Gasteiger partial charge in [0, 0.05) is 18.8 Å². The zero-order valence-electron chi connectivity index (χ0n) is 15.8. The lowest BCUT2D eigenvalue weighted by Gasteiger charge is -2.22. The lowest BCUT2D eigenvalue weighted by atomic mass is 10.1. The van der Waals surface area contributed by atoms with Gasteiger partial charge in [0.1, 0.15) is 5.82 Å². The molecule has 3 rings (SSSR count). The molecule has 28 heavy (non-hydrogen) atoms. The highest BCUT2D eigenvalue weighted by Gasteiger charge is 2.20. The standard InChI is InChI=1S/C22H25FN2O2S/c23-19-11-5-3-9-17(19)15-28-16-21(26)24-20-12-6-4-10-18(20)22(27)25-13-7-1-2-8-14-25/h3-6,9-12H,1-2,7-8,13-16H2,(H,24,26). The summed E-state index contributed by atoms with van der Waals surface area (Å²) in [5.74, 6) is 0.132. The third kappa shape index (κ3) is 5.58. The molecule has 1 saturated heterocycles. The molecule has 0 saturated carbocycles. The van der Waals surface area contributed by atoms with Crippen LogP contribution in [0.25, 0.3) is 0 Å². The zero-order valence-corrected chi connectivity index (χ0v) is 16.6. The number of nitrogens with zero attached hydrogens (tertiary/aromatic N) is 1. The van der Waals surface area contributed by atoms with E-state index in [0.717, 1.165) is 38.8 Å². The number of carbonyl (C=O) groups is 2. The van der Waals surface area contributed by atoms with Crippen molar-refractivity contribution in [1.82, 2.24) is 4.90 Å². The third-order valence-corrected chi connectivity index (χ3v) is 5.75. The predicted molar refractivity (Wildman–Crippen MR) is 112 cm³/mol. The zero-order chi connectivity index (χ0) is 19.8. The lowest BCUT2D eigenvalue weighted by Crippen LogP contribution is -2.32. The van der Waals surface area contributed by atoms with Gasteiger partial charge in [0.25, 0.3) is 5.91 Å². The van der Waals surface area contributed by atoms with Gasteiger partial charge < -0.3 is 10.2 Å². The maximum atomic E-state index is 13.7. The molecule has 6 heteroatoms. The summed E-state index contributed by atoms with van der Waals surface area (Å²) in [6, 6.07) is 13.7. The molecule has 2 amide bonds. The monoisotopic (exact) mass is 400 g/mol. The number of anilines is 1. The quantitative estimate of drug-likeness (QED) is 0.764. The molecule has 0 atom stereocenters. The molecule has 148 valence electrons. The number of nitrogens with one attached hydrogen (secondary N) is 1. The summed E-state index contributed by atoms with van der Waals surface area (Å²) >= 11 is 1.35. The van der Waals surface area contributed by atoms with Crippen molar-refractivity contribution >= 4 is 29.3 Å². The van der Waals surface area contributed by atoms with Gasteiger partial charge in [0.15, 0.2) is 0 Å². The third-order valence-electron chi connectivity index (χ3n) is 4.77. The van der Waals surface area contributed by atoms with Gasteiger partial charge in [0.2, 0.25) is 5.91 Å². The Labute approximate surface area is 169 Å². The van der Waals surface area contributed by atoms with Gasteiger partial charge in [-0.15, -0.1) is 11.8 Å². The second-order valence-corrected chi connectivity index (χ2v) is 7.87. The fourth-order valence-corrected chi connectivity index (χ4v) is 4.09. The first-order chi connectivity index (χ1) is 13.6. The molecule has 1 aliphatic heterocycles. The molecule has 4 nitrogen and oxygen atoms in total. The van der Waals surface area contributed by atoms with Crippen LogP contribution in [0.5, 0.6) is 0 Å². The summed E-state index contributed by atoms with van der Waals surface area (Å²) in [6.45, 7) is 1.53.